The van der Waals surface area contributed by atoms with Crippen LogP contribution >= 0.6 is 8.24 Å². The number of carbonyl (C=O) groups is 1. The van der Waals surface area contributed by atoms with Gasteiger partial charge < -0.3 is 13.1 Å². The van der Waals surface area contributed by atoms with E-state index in [4.69, 9.17) is 17.7 Å². The summed E-state index contributed by atoms with van der Waals surface area (Å²) < 4.78 is 58.4. The highest BCUT2D eigenvalue weighted by molar-refractivity contribution is 7.89. The van der Waals surface area contributed by atoms with Crippen molar-refractivity contribution in [3.63, 3.8) is 0 Å². The fraction of sp³-hybridized carbons (Fsp3) is 0.386. The van der Waals surface area contributed by atoms with Gasteiger partial charge >= 0.3 is 14.2 Å². The molecule has 0 amide bonds. The number of hydrogen-bond acceptors (Lipinski definition) is 7. The van der Waals surface area contributed by atoms with Crippen LogP contribution in [0.4, 0.5) is 0 Å². The van der Waals surface area contributed by atoms with Gasteiger partial charge in [0.05, 0.1) is 17.5 Å². The number of fused-ring (bicyclic) bond motifs is 4. The molecule has 3 aliphatic carbocycles. The molecule has 4 aromatic carbocycles. The van der Waals surface area contributed by atoms with Gasteiger partial charge in [0.1, 0.15) is 22.2 Å². The summed E-state index contributed by atoms with van der Waals surface area (Å²) in [5.74, 6) is -0.585. The molecule has 0 saturated heterocycles. The molecule has 0 aliphatic heterocycles. The Morgan fingerprint density at radius 1 is 0.796 bits per heavy atom. The van der Waals surface area contributed by atoms with Crippen LogP contribution in [0, 0.1) is 24.2 Å². The summed E-state index contributed by atoms with van der Waals surface area (Å²) in [7, 11) is -6.26. The van der Waals surface area contributed by atoms with Crippen LogP contribution in [0.15, 0.2) is 128 Å². The van der Waals surface area contributed by atoms with Gasteiger partial charge in [-0.05, 0) is 94.7 Å². The normalized spacial score (nSPS) is 21.9. The molecule has 8 rings (SSSR count). The Bertz CT molecular complexity index is 2300. The van der Waals surface area contributed by atoms with E-state index in [0.29, 0.717) is 29.7 Å². The first-order chi connectivity index (χ1) is 26.0. The molecular weight excluding hydrogens is 718 g/mol. The standard InChI is InChI=1S/C44H48NO7PS/c1-30-23-25-33(26-24-30)54(47,48)45(29-31-15-7-5-8-16-31)41-40(32-17-9-6-10-18-32)36-27-28-39(44(36,41)42(46)49-43(2,3)4)52-53-50-37-21-13-11-19-34(37)35-20-12-14-22-38(35)51-53/h5,7-8,11-16,19-26,32,36,39H,6,9-10,17-18,27-29H2,1-4H3/t36-,39-,44-/m0/s1. The molecule has 0 N–H and O–H groups in total. The van der Waals surface area contributed by atoms with Crippen LogP contribution in [0.1, 0.15) is 76.8 Å². The molecule has 0 bridgehead atoms. The Hall–Kier alpha value is -4.30. The first kappa shape index (κ1) is 36.7. The van der Waals surface area contributed by atoms with Gasteiger partial charge in [0.2, 0.25) is 0 Å². The number of para-hydroxylation sites is 2. The zero-order valence-corrected chi connectivity index (χ0v) is 33.1. The zero-order chi connectivity index (χ0) is 37.7. The minimum atomic E-state index is -4.19. The molecule has 0 radical (unpaired) electrons. The fourth-order valence-corrected chi connectivity index (χ4v) is 11.7. The van der Waals surface area contributed by atoms with Gasteiger partial charge in [-0.2, -0.15) is 0 Å². The van der Waals surface area contributed by atoms with Gasteiger partial charge in [0, 0.05) is 22.4 Å². The number of hydrogen-bond donors (Lipinski definition) is 0. The number of sulfonamides is 1. The average molecular weight is 766 g/mol. The van der Waals surface area contributed by atoms with Crippen LogP contribution in [0.25, 0.3) is 21.9 Å². The average Bonchev–Trinajstić information content (AvgIpc) is 3.35. The predicted molar refractivity (Wildman–Crippen MR) is 212 cm³/mol. The van der Waals surface area contributed by atoms with E-state index in [1.807, 2.05) is 119 Å². The molecule has 0 unspecified atom stereocenters. The van der Waals surface area contributed by atoms with Crippen molar-refractivity contribution in [1.82, 2.24) is 4.31 Å². The monoisotopic (exact) mass is 765 g/mol. The van der Waals surface area contributed by atoms with Gasteiger partial charge in [0.15, 0.2) is 0 Å². The van der Waals surface area contributed by atoms with Gasteiger partial charge in [-0.1, -0.05) is 104 Å². The Morgan fingerprint density at radius 2 is 1.39 bits per heavy atom. The second-order valence-corrected chi connectivity index (χ2v) is 18.8. The topological polar surface area (TPSA) is 99.2 Å². The molecule has 3 atom stereocenters. The Balaban J connectivity index is 1.36. The van der Waals surface area contributed by atoms with Crippen molar-refractivity contribution in [1.29, 1.82) is 0 Å². The Labute approximate surface area is 318 Å². The molecule has 1 aromatic heterocycles. The minimum absolute atomic E-state index is 0.0507. The largest absolute Gasteiger partial charge is 0.459 e. The maximum Gasteiger partial charge on any atom is 0.387 e. The smallest absolute Gasteiger partial charge is 0.387 e. The van der Waals surface area contributed by atoms with Crippen molar-refractivity contribution in [2.45, 2.75) is 95.8 Å². The number of aryl methyl sites for hydroxylation is 1. The van der Waals surface area contributed by atoms with Crippen molar-refractivity contribution in [3.05, 3.63) is 126 Å². The molecule has 0 spiro atoms. The van der Waals surface area contributed by atoms with Crippen LogP contribution < -0.4 is 4.52 Å². The van der Waals surface area contributed by atoms with Crippen molar-refractivity contribution in [3.8, 4) is 0 Å². The Morgan fingerprint density at radius 3 is 2.00 bits per heavy atom. The third-order valence-corrected chi connectivity index (χ3v) is 14.1. The van der Waals surface area contributed by atoms with E-state index >= 15 is 13.2 Å². The molecular formula is C44H48NO7PS. The predicted octanol–water partition coefficient (Wildman–Crippen LogP) is 10.9. The first-order valence-corrected chi connectivity index (χ1v) is 21.6. The molecule has 2 saturated carbocycles. The number of ether oxygens (including phenoxy) is 1. The summed E-state index contributed by atoms with van der Waals surface area (Å²) in [5.41, 5.74) is 2.31. The van der Waals surface area contributed by atoms with Crippen LogP contribution in [-0.4, -0.2) is 30.4 Å². The highest BCUT2D eigenvalue weighted by Gasteiger charge is 2.71. The molecule has 1 heterocycles. The third kappa shape index (κ3) is 6.58. The van der Waals surface area contributed by atoms with E-state index in [1.165, 1.54) is 4.31 Å². The van der Waals surface area contributed by atoms with Crippen LogP contribution in [0.2, 0.25) is 0 Å². The number of nitrogens with zero attached hydrogens (tertiary/aromatic N) is 1. The minimum Gasteiger partial charge on any atom is -0.459 e. The van der Waals surface area contributed by atoms with E-state index in [-0.39, 0.29) is 23.3 Å². The first-order valence-electron chi connectivity index (χ1n) is 19.1. The maximum absolute atomic E-state index is 15.2. The third-order valence-electron chi connectivity index (χ3n) is 11.2. The van der Waals surface area contributed by atoms with Crippen molar-refractivity contribution in [2.24, 2.45) is 17.3 Å². The molecule has 10 heteroatoms. The van der Waals surface area contributed by atoms with E-state index in [2.05, 4.69) is 0 Å². The molecule has 2 fully saturated rings. The Kier molecular flexibility index (Phi) is 9.78. The number of esters is 1. The summed E-state index contributed by atoms with van der Waals surface area (Å²) in [4.78, 5) is 15.4. The maximum atomic E-state index is 15.2. The molecule has 3 aliphatic rings. The lowest BCUT2D eigenvalue weighted by atomic mass is 9.55. The highest BCUT2D eigenvalue weighted by Crippen LogP contribution is 2.67. The molecule has 5 aromatic rings. The number of benzene rings is 4. The quantitative estimate of drug-likeness (QED) is 0.138. The second kappa shape index (κ2) is 14.4. The lowest BCUT2D eigenvalue weighted by Gasteiger charge is -2.55. The summed E-state index contributed by atoms with van der Waals surface area (Å²) >= 11 is 0. The van der Waals surface area contributed by atoms with E-state index in [0.717, 1.165) is 59.6 Å². The second-order valence-electron chi connectivity index (χ2n) is 15.9. The van der Waals surface area contributed by atoms with Gasteiger partial charge in [0.25, 0.3) is 10.0 Å². The van der Waals surface area contributed by atoms with Crippen LogP contribution in [0.3, 0.4) is 0 Å². The van der Waals surface area contributed by atoms with Crippen LogP contribution in [0.5, 0.6) is 0 Å². The number of rotatable bonds is 9. The van der Waals surface area contributed by atoms with Crippen molar-refractivity contribution in [2.75, 3.05) is 0 Å². The lowest BCUT2D eigenvalue weighted by Crippen LogP contribution is -2.61. The fourth-order valence-electron chi connectivity index (χ4n) is 8.89. The van der Waals surface area contributed by atoms with Crippen molar-refractivity contribution >= 4 is 46.2 Å². The summed E-state index contributed by atoms with van der Waals surface area (Å²) in [5, 5.41) is 1.77. The van der Waals surface area contributed by atoms with E-state index in [9.17, 15) is 0 Å². The summed E-state index contributed by atoms with van der Waals surface area (Å²) in [6.07, 6.45) is 5.52. The summed E-state index contributed by atoms with van der Waals surface area (Å²) in [6, 6.07) is 32.1. The zero-order valence-electron chi connectivity index (χ0n) is 31.4. The molecule has 282 valence electrons. The number of allylic oxidation sites excluding steroid dienone is 1. The van der Waals surface area contributed by atoms with Gasteiger partial charge in [-0.15, -0.1) is 0 Å². The van der Waals surface area contributed by atoms with Gasteiger partial charge in [-0.25, -0.2) is 8.42 Å². The van der Waals surface area contributed by atoms with E-state index < -0.39 is 41.4 Å². The molecule has 54 heavy (non-hydrogen) atoms. The van der Waals surface area contributed by atoms with Gasteiger partial charge in [-0.3, -0.25) is 13.6 Å². The lowest BCUT2D eigenvalue weighted by molar-refractivity contribution is -0.174. The number of carbonyl (C=O) groups excluding carboxylic acids is 1. The van der Waals surface area contributed by atoms with Crippen LogP contribution in [-0.2, 0) is 26.1 Å². The highest BCUT2D eigenvalue weighted by atomic mass is 32.2. The van der Waals surface area contributed by atoms with Crippen molar-refractivity contribution < 1.29 is 30.9 Å². The summed E-state index contributed by atoms with van der Waals surface area (Å²) in [6.45, 7) is 7.55. The van der Waals surface area contributed by atoms with E-state index in [1.54, 1.807) is 12.1 Å². The molecule has 8 nitrogen and oxygen atoms in total. The SMILES string of the molecule is Cc1ccc(S(=O)(=O)N(Cc2ccccc2)C2=C(C3CCCCC3)[C@@H]3CC[C@H](Op4oc5ccccc5c5ccccc5o4)[C@]23C(=O)OC(C)(C)C)cc1.